The Bertz CT molecular complexity index is 1390. The van der Waals surface area contributed by atoms with Crippen molar-refractivity contribution in [3.63, 3.8) is 0 Å². The monoisotopic (exact) mass is 563 g/mol. The molecule has 212 valence electrons. The first-order valence-electron chi connectivity index (χ1n) is 14.5. The van der Waals surface area contributed by atoms with Gasteiger partial charge in [-0.2, -0.15) is 5.10 Å². The second kappa shape index (κ2) is 12.3. The highest BCUT2D eigenvalue weighted by Crippen LogP contribution is 2.37. The predicted molar refractivity (Wildman–Crippen MR) is 157 cm³/mol. The number of aliphatic hydroxyl groups excluding tert-OH is 1. The Balaban J connectivity index is 1.02. The van der Waals surface area contributed by atoms with E-state index in [1.807, 2.05) is 40.5 Å². The molecule has 0 radical (unpaired) electrons. The minimum absolute atomic E-state index is 0.234. The first kappa shape index (κ1) is 27.3. The van der Waals surface area contributed by atoms with Crippen molar-refractivity contribution in [3.8, 4) is 16.9 Å². The summed E-state index contributed by atoms with van der Waals surface area (Å²) in [4.78, 5) is 9.63. The summed E-state index contributed by atoms with van der Waals surface area (Å²) in [5, 5.41) is 16.4. The molecule has 2 aliphatic rings. The molecule has 0 spiro atoms. The van der Waals surface area contributed by atoms with Crippen LogP contribution >= 0.6 is 11.3 Å². The largest absolute Gasteiger partial charge is 0.472 e. The van der Waals surface area contributed by atoms with Crippen molar-refractivity contribution in [1.82, 2.24) is 24.6 Å². The fourth-order valence-corrected chi connectivity index (χ4v) is 7.02. The average Bonchev–Trinajstić information content (AvgIpc) is 3.63. The number of halogens is 1. The molecule has 6 rings (SSSR count). The van der Waals surface area contributed by atoms with Crippen LogP contribution in [0.15, 0.2) is 54.9 Å². The summed E-state index contributed by atoms with van der Waals surface area (Å²) in [5.41, 5.74) is 2.95. The molecule has 0 bridgehead atoms. The number of thiazole rings is 1. The van der Waals surface area contributed by atoms with Crippen LogP contribution < -0.4 is 4.74 Å². The highest BCUT2D eigenvalue weighted by atomic mass is 32.1. The van der Waals surface area contributed by atoms with Crippen LogP contribution in [0.2, 0.25) is 0 Å². The molecule has 2 aromatic heterocycles. The van der Waals surface area contributed by atoms with E-state index in [9.17, 15) is 9.50 Å². The fourth-order valence-electron chi connectivity index (χ4n) is 5.90. The van der Waals surface area contributed by atoms with Crippen LogP contribution in [0.3, 0.4) is 0 Å². The topological polar surface area (TPSA) is 66.7 Å². The number of ether oxygens (including phenoxy) is 1. The highest BCUT2D eigenvalue weighted by Gasteiger charge is 2.29. The number of hydrogen-bond acceptors (Lipinski definition) is 7. The van der Waals surface area contributed by atoms with Crippen molar-refractivity contribution in [1.29, 1.82) is 0 Å². The van der Waals surface area contributed by atoms with E-state index in [0.29, 0.717) is 5.92 Å². The molecule has 2 atom stereocenters. The number of aliphatic hydroxyl groups is 1. The van der Waals surface area contributed by atoms with Gasteiger partial charge in [0.05, 0.1) is 28.0 Å². The Kier molecular flexibility index (Phi) is 8.43. The van der Waals surface area contributed by atoms with E-state index in [0.717, 1.165) is 61.7 Å². The van der Waals surface area contributed by atoms with Crippen molar-refractivity contribution < 1.29 is 14.2 Å². The van der Waals surface area contributed by atoms with E-state index in [2.05, 4.69) is 21.0 Å². The van der Waals surface area contributed by atoms with Crippen LogP contribution in [0.4, 0.5) is 4.39 Å². The van der Waals surface area contributed by atoms with E-state index in [1.165, 1.54) is 53.9 Å². The molecule has 3 heterocycles. The van der Waals surface area contributed by atoms with Crippen molar-refractivity contribution in [3.05, 3.63) is 65.7 Å². The number of fused-ring (bicyclic) bond motifs is 1. The van der Waals surface area contributed by atoms with E-state index >= 15 is 0 Å². The zero-order valence-corrected chi connectivity index (χ0v) is 23.9. The Labute approximate surface area is 239 Å². The minimum Gasteiger partial charge on any atom is -0.472 e. The zero-order chi connectivity index (χ0) is 27.5. The van der Waals surface area contributed by atoms with Crippen LogP contribution in [0.5, 0.6) is 5.75 Å². The summed E-state index contributed by atoms with van der Waals surface area (Å²) in [6, 6.07) is 12.7. The molecular formula is C31H38FN5O2S. The maximum Gasteiger partial charge on any atom is 0.178 e. The van der Waals surface area contributed by atoms with Gasteiger partial charge in [-0.3, -0.25) is 14.5 Å². The van der Waals surface area contributed by atoms with Crippen LogP contribution in [0, 0.1) is 5.82 Å². The number of benzene rings is 2. The van der Waals surface area contributed by atoms with Crippen LogP contribution in [-0.2, 0) is 6.54 Å². The van der Waals surface area contributed by atoms with Crippen molar-refractivity contribution in [2.75, 3.05) is 32.7 Å². The predicted octanol–water partition coefficient (Wildman–Crippen LogP) is 5.75. The second-order valence-electron chi connectivity index (χ2n) is 11.1. The highest BCUT2D eigenvalue weighted by molar-refractivity contribution is 7.18. The summed E-state index contributed by atoms with van der Waals surface area (Å²) >= 11 is 1.82. The molecule has 1 saturated carbocycles. The third-order valence-electron chi connectivity index (χ3n) is 8.22. The number of nitrogens with zero attached hydrogens (tertiary/aromatic N) is 5. The quantitative estimate of drug-likeness (QED) is 0.280. The lowest BCUT2D eigenvalue weighted by Gasteiger charge is -2.40. The van der Waals surface area contributed by atoms with Gasteiger partial charge in [-0.15, -0.1) is 11.3 Å². The van der Waals surface area contributed by atoms with Gasteiger partial charge in [0.1, 0.15) is 17.7 Å². The first-order chi connectivity index (χ1) is 19.5. The Morgan fingerprint density at radius 3 is 2.52 bits per heavy atom. The molecule has 9 heteroatoms. The van der Waals surface area contributed by atoms with Gasteiger partial charge in [-0.1, -0.05) is 31.4 Å². The summed E-state index contributed by atoms with van der Waals surface area (Å²) < 4.78 is 22.8. The molecular weight excluding hydrogens is 525 g/mol. The van der Waals surface area contributed by atoms with Gasteiger partial charge >= 0.3 is 0 Å². The van der Waals surface area contributed by atoms with Crippen LogP contribution in [-0.4, -0.2) is 74.7 Å². The summed E-state index contributed by atoms with van der Waals surface area (Å²) in [6.45, 7) is 6.91. The fraction of sp³-hybridized carbons (Fsp3) is 0.484. The van der Waals surface area contributed by atoms with Crippen LogP contribution in [0.25, 0.3) is 21.3 Å². The van der Waals surface area contributed by atoms with E-state index in [4.69, 9.17) is 9.72 Å². The van der Waals surface area contributed by atoms with Gasteiger partial charge < -0.3 is 9.84 Å². The molecule has 2 fully saturated rings. The molecule has 1 saturated heterocycles. The average molecular weight is 564 g/mol. The van der Waals surface area contributed by atoms with Gasteiger partial charge in [0.15, 0.2) is 6.23 Å². The van der Waals surface area contributed by atoms with Crippen molar-refractivity contribution in [2.24, 2.45) is 0 Å². The number of hydrogen-bond donors (Lipinski definition) is 1. The van der Waals surface area contributed by atoms with E-state index in [-0.39, 0.29) is 5.82 Å². The van der Waals surface area contributed by atoms with Gasteiger partial charge in [-0.25, -0.2) is 9.37 Å². The van der Waals surface area contributed by atoms with Crippen molar-refractivity contribution in [2.45, 2.75) is 63.8 Å². The summed E-state index contributed by atoms with van der Waals surface area (Å²) in [6.07, 6.45) is 9.27. The van der Waals surface area contributed by atoms with Gasteiger partial charge in [0.25, 0.3) is 0 Å². The molecule has 1 aliphatic heterocycles. The van der Waals surface area contributed by atoms with Crippen LogP contribution in [0.1, 0.15) is 50.0 Å². The lowest BCUT2D eigenvalue weighted by Crippen LogP contribution is -2.55. The molecule has 1 aliphatic carbocycles. The smallest absolute Gasteiger partial charge is 0.178 e. The lowest BCUT2D eigenvalue weighted by atomic mass is 9.90. The molecule has 0 amide bonds. The third-order valence-corrected chi connectivity index (χ3v) is 9.42. The maximum atomic E-state index is 13.2. The normalized spacial score (nSPS) is 19.2. The maximum absolute atomic E-state index is 13.2. The molecule has 7 nitrogen and oxygen atoms in total. The second-order valence-corrected chi connectivity index (χ2v) is 12.2. The Morgan fingerprint density at radius 2 is 1.77 bits per heavy atom. The Hall–Kier alpha value is -2.85. The molecule has 4 aromatic rings. The molecule has 1 unspecified atom stereocenters. The Morgan fingerprint density at radius 1 is 1.00 bits per heavy atom. The molecule has 40 heavy (non-hydrogen) atoms. The summed E-state index contributed by atoms with van der Waals surface area (Å²) in [5.74, 6) is 1.13. The SMILES string of the molecule is C[C@@H](O)C(Oc1ccc2sc(C3CCCCC3)nc2c1)N1CCN(CCn2cc(-c3ccc(F)cc3)cn2)CC1. The van der Waals surface area contributed by atoms with E-state index in [1.54, 1.807) is 19.1 Å². The molecule has 2 aromatic carbocycles. The molecule has 1 N–H and O–H groups in total. The number of piperazine rings is 1. The lowest BCUT2D eigenvalue weighted by molar-refractivity contribution is -0.0746. The minimum atomic E-state index is -0.621. The standard InChI is InChI=1S/C31H38FN5O2S/c1-22(38)31(39-27-11-12-29-28(19-27)34-30(40-29)24-5-3-2-4-6-24)36-16-13-35(14-17-36)15-18-37-21-25(20-33-37)23-7-9-26(32)10-8-23/h7-12,19-22,24,31,38H,2-6,13-18H2,1H3/t22-,31?/m1/s1. The zero-order valence-electron chi connectivity index (χ0n) is 23.1. The summed E-state index contributed by atoms with van der Waals surface area (Å²) in [7, 11) is 0. The van der Waals surface area contributed by atoms with E-state index < -0.39 is 12.3 Å². The van der Waals surface area contributed by atoms with Gasteiger partial charge in [0.2, 0.25) is 0 Å². The number of rotatable bonds is 9. The van der Waals surface area contributed by atoms with Crippen molar-refractivity contribution >= 4 is 21.6 Å². The van der Waals surface area contributed by atoms with Gasteiger partial charge in [-0.05, 0) is 49.6 Å². The third kappa shape index (κ3) is 6.38. The number of aromatic nitrogens is 3. The first-order valence-corrected chi connectivity index (χ1v) is 15.3. The van der Waals surface area contributed by atoms with Gasteiger partial charge in [0, 0.05) is 56.5 Å².